The van der Waals surface area contributed by atoms with E-state index in [2.05, 4.69) is 21.0 Å². The third kappa shape index (κ3) is 10.5. The van der Waals surface area contributed by atoms with Gasteiger partial charge in [0.05, 0.1) is 24.9 Å². The molecule has 50 heavy (non-hydrogen) atoms. The van der Waals surface area contributed by atoms with Gasteiger partial charge in [-0.05, 0) is 35.1 Å². The fraction of sp³-hybridized carbons (Fsp3) is 0.432. The summed E-state index contributed by atoms with van der Waals surface area (Å²) in [5, 5.41) is 18.6. The molecule has 1 aromatic heterocycles. The number of nitrogens with one attached hydrogen (secondary N) is 3. The Morgan fingerprint density at radius 2 is 1.66 bits per heavy atom. The zero-order valence-corrected chi connectivity index (χ0v) is 29.3. The number of aromatic nitrogens is 1. The van der Waals surface area contributed by atoms with Gasteiger partial charge < -0.3 is 30.0 Å². The van der Waals surface area contributed by atoms with Gasteiger partial charge in [-0.2, -0.15) is 0 Å². The van der Waals surface area contributed by atoms with Gasteiger partial charge in [0.2, 0.25) is 6.10 Å². The second-order valence-electron chi connectivity index (χ2n) is 14.1. The van der Waals surface area contributed by atoms with Gasteiger partial charge in [-0.1, -0.05) is 95.3 Å². The van der Waals surface area contributed by atoms with Gasteiger partial charge >= 0.3 is 18.2 Å². The third-order valence-corrected chi connectivity index (χ3v) is 8.34. The van der Waals surface area contributed by atoms with Crippen LogP contribution in [0.4, 0.5) is 9.59 Å². The monoisotopic (exact) mass is 689 g/mol. The molecular formula is C37H47N5O8. The van der Waals surface area contributed by atoms with Crippen LogP contribution in [-0.4, -0.2) is 83.7 Å². The lowest BCUT2D eigenvalue weighted by Gasteiger charge is -2.34. The average molecular weight is 690 g/mol. The number of alkyl carbamates (subject to hydrolysis) is 2. The molecule has 4 N–H and O–H groups in total. The topological polar surface area (TPSA) is 168 Å². The van der Waals surface area contributed by atoms with Crippen molar-refractivity contribution in [3.05, 3.63) is 90.1 Å². The highest BCUT2D eigenvalue weighted by molar-refractivity contribution is 5.86. The predicted octanol–water partition coefficient (Wildman–Crippen LogP) is 4.00. The molecule has 0 spiro atoms. The average Bonchev–Trinajstić information content (AvgIpc) is 3.33. The van der Waals surface area contributed by atoms with E-state index in [1.807, 2.05) is 72.8 Å². The molecule has 13 nitrogen and oxygen atoms in total. The molecule has 0 saturated carbocycles. The van der Waals surface area contributed by atoms with Crippen LogP contribution in [0, 0.1) is 10.8 Å². The van der Waals surface area contributed by atoms with Crippen molar-refractivity contribution in [3.63, 3.8) is 0 Å². The summed E-state index contributed by atoms with van der Waals surface area (Å²) < 4.78 is 15.4. The number of hydrazine groups is 1. The Morgan fingerprint density at radius 1 is 0.980 bits per heavy atom. The van der Waals surface area contributed by atoms with Crippen LogP contribution in [0.5, 0.6) is 0 Å². The number of ether oxygens (including phenoxy) is 3. The van der Waals surface area contributed by atoms with Crippen molar-refractivity contribution in [2.75, 3.05) is 20.3 Å². The van der Waals surface area contributed by atoms with Gasteiger partial charge in [-0.3, -0.25) is 15.2 Å². The molecule has 4 unspecified atom stereocenters. The van der Waals surface area contributed by atoms with Crippen molar-refractivity contribution < 1.29 is 38.5 Å². The Balaban J connectivity index is 1.59. The van der Waals surface area contributed by atoms with Gasteiger partial charge in [0, 0.05) is 30.3 Å². The Kier molecular flexibility index (Phi) is 12.5. The Hall–Kier alpha value is -5.01. The van der Waals surface area contributed by atoms with Crippen LogP contribution in [0.3, 0.4) is 0 Å². The molecule has 0 aliphatic carbocycles. The summed E-state index contributed by atoms with van der Waals surface area (Å²) >= 11 is 0. The lowest BCUT2D eigenvalue weighted by molar-refractivity contribution is -0.145. The number of esters is 1. The minimum Gasteiger partial charge on any atom is -0.462 e. The summed E-state index contributed by atoms with van der Waals surface area (Å²) in [5.74, 6) is -1.17. The summed E-state index contributed by atoms with van der Waals surface area (Å²) in [6.45, 7) is 9.05. The molecule has 0 radical (unpaired) electrons. The summed E-state index contributed by atoms with van der Waals surface area (Å²) in [4.78, 5) is 55.8. The van der Waals surface area contributed by atoms with E-state index in [9.17, 15) is 24.3 Å². The number of hydrogen-bond acceptors (Lipinski definition) is 10. The highest BCUT2D eigenvalue weighted by atomic mass is 16.6. The van der Waals surface area contributed by atoms with Crippen molar-refractivity contribution in [1.82, 2.24) is 26.1 Å². The normalized spacial score (nSPS) is 17.2. The Morgan fingerprint density at radius 3 is 2.24 bits per heavy atom. The first kappa shape index (κ1) is 37.8. The Labute approximate surface area is 292 Å². The SMILES string of the molecule is COC(=O)NC(C(=O)NN(Cc1ccc(-c2ccccn2)cc1)CC(O)C(Cc1ccccc1)NC(=O)OC1C(=O)OCC1(C)C)C(C)(C)C. The summed E-state index contributed by atoms with van der Waals surface area (Å²) in [6, 6.07) is 20.6. The first-order chi connectivity index (χ1) is 23.7. The van der Waals surface area contributed by atoms with Gasteiger partial charge in [-0.25, -0.2) is 19.4 Å². The number of carbonyl (C=O) groups is 4. The molecule has 1 aliphatic heterocycles. The number of rotatable bonds is 13. The molecule has 3 aromatic rings. The van der Waals surface area contributed by atoms with Crippen LogP contribution in [0.1, 0.15) is 45.7 Å². The maximum Gasteiger partial charge on any atom is 0.408 e. The van der Waals surface area contributed by atoms with E-state index in [0.29, 0.717) is 0 Å². The van der Waals surface area contributed by atoms with E-state index in [1.54, 1.807) is 40.8 Å². The van der Waals surface area contributed by atoms with Crippen LogP contribution in [0.2, 0.25) is 0 Å². The highest BCUT2D eigenvalue weighted by Gasteiger charge is 2.47. The molecule has 2 heterocycles. The smallest absolute Gasteiger partial charge is 0.408 e. The standard InChI is InChI=1S/C37H47N5O8/c1-36(2,3)30(40-34(46)48-6)32(44)41-42(21-25-15-17-26(18-16-25)27-14-10-11-19-38-27)22-29(43)28(20-24-12-8-7-9-13-24)39-35(47)50-31-33(45)49-23-37(31,4)5/h7-19,28-31,43H,20-23H2,1-6H3,(H,39,47)(H,40,46)(H,41,44). The van der Waals surface area contributed by atoms with Gasteiger partial charge in [0.15, 0.2) is 0 Å². The molecule has 3 amide bonds. The van der Waals surface area contributed by atoms with E-state index in [0.717, 1.165) is 22.4 Å². The van der Waals surface area contributed by atoms with Gasteiger partial charge in [0.25, 0.3) is 5.91 Å². The van der Waals surface area contributed by atoms with Crippen molar-refractivity contribution in [2.45, 2.75) is 71.9 Å². The van der Waals surface area contributed by atoms with E-state index in [4.69, 9.17) is 14.2 Å². The quantitative estimate of drug-likeness (QED) is 0.117. The highest BCUT2D eigenvalue weighted by Crippen LogP contribution is 2.31. The number of nitrogens with zero attached hydrogens (tertiary/aromatic N) is 2. The number of carbonyl (C=O) groups excluding carboxylic acids is 4. The summed E-state index contributed by atoms with van der Waals surface area (Å²) in [7, 11) is 1.21. The van der Waals surface area contributed by atoms with Gasteiger partial charge in [-0.15, -0.1) is 0 Å². The molecule has 2 aromatic carbocycles. The second kappa shape index (κ2) is 16.6. The molecule has 0 bridgehead atoms. The minimum atomic E-state index is -1.25. The van der Waals surface area contributed by atoms with Gasteiger partial charge in [0.1, 0.15) is 12.6 Å². The van der Waals surface area contributed by atoms with E-state index in [1.165, 1.54) is 12.1 Å². The number of aliphatic hydroxyl groups excluding tert-OH is 1. The van der Waals surface area contributed by atoms with Crippen LogP contribution in [0.15, 0.2) is 79.0 Å². The van der Waals surface area contributed by atoms with E-state index >= 15 is 0 Å². The maximum atomic E-state index is 13.7. The molecule has 1 fully saturated rings. The zero-order chi connectivity index (χ0) is 36.5. The lowest BCUT2D eigenvalue weighted by atomic mass is 9.86. The number of hydrogen-bond donors (Lipinski definition) is 4. The van der Waals surface area contributed by atoms with Crippen LogP contribution < -0.4 is 16.1 Å². The molecule has 268 valence electrons. The number of aliphatic hydroxyl groups is 1. The lowest BCUT2D eigenvalue weighted by Crippen LogP contribution is -2.59. The maximum absolute atomic E-state index is 13.7. The predicted molar refractivity (Wildman–Crippen MR) is 185 cm³/mol. The zero-order valence-electron chi connectivity index (χ0n) is 29.3. The largest absolute Gasteiger partial charge is 0.462 e. The van der Waals surface area contributed by atoms with Crippen molar-refractivity contribution >= 4 is 24.1 Å². The molecule has 4 rings (SSSR count). The minimum absolute atomic E-state index is 0.109. The summed E-state index contributed by atoms with van der Waals surface area (Å²) in [6.07, 6.45) is -2.09. The molecule has 4 atom stereocenters. The van der Waals surface area contributed by atoms with Crippen LogP contribution in [0.25, 0.3) is 11.3 Å². The van der Waals surface area contributed by atoms with Crippen molar-refractivity contribution in [2.24, 2.45) is 10.8 Å². The van der Waals surface area contributed by atoms with Crippen molar-refractivity contribution in [3.8, 4) is 11.3 Å². The molecule has 13 heteroatoms. The number of cyclic esters (lactones) is 1. The molecule has 1 saturated heterocycles. The van der Waals surface area contributed by atoms with Crippen LogP contribution >= 0.6 is 0 Å². The third-order valence-electron chi connectivity index (χ3n) is 8.34. The molecular weight excluding hydrogens is 642 g/mol. The first-order valence-corrected chi connectivity index (χ1v) is 16.4. The van der Waals surface area contributed by atoms with Crippen molar-refractivity contribution in [1.29, 1.82) is 0 Å². The van der Waals surface area contributed by atoms with E-state index < -0.39 is 59.2 Å². The van der Waals surface area contributed by atoms with Crippen LogP contribution in [-0.2, 0) is 36.8 Å². The fourth-order valence-electron chi connectivity index (χ4n) is 5.49. The summed E-state index contributed by atoms with van der Waals surface area (Å²) in [5.41, 5.74) is 4.78. The fourth-order valence-corrected chi connectivity index (χ4v) is 5.49. The number of pyridine rings is 1. The number of amides is 3. The van der Waals surface area contributed by atoms with E-state index in [-0.39, 0.29) is 26.1 Å². The second-order valence-corrected chi connectivity index (χ2v) is 14.1. The Bertz CT molecular complexity index is 1600. The number of benzene rings is 2. The molecule has 1 aliphatic rings. The number of methoxy groups -OCH3 is 1. The first-order valence-electron chi connectivity index (χ1n) is 16.4.